The molecule has 0 saturated heterocycles. The van der Waals surface area contributed by atoms with Crippen molar-refractivity contribution in [1.82, 2.24) is 9.13 Å². The van der Waals surface area contributed by atoms with Crippen molar-refractivity contribution in [2.75, 3.05) is 13.7 Å². The van der Waals surface area contributed by atoms with Gasteiger partial charge in [0.25, 0.3) is 5.56 Å². The standard InChI is InChI=1S/C27H24FN3O4/c1-34-22-14-8-13-19(24(22)28)23-25(32)30(15-20(29)17-9-4-2-5-10-17)27(33)31-21(16-35-26(23)31)18-11-6-3-7-12-18/h2-14,20-21H,15-16,29H2,1H3/t20-,21?/m0/s1. The first-order valence-corrected chi connectivity index (χ1v) is 11.2. The Labute approximate surface area is 200 Å². The van der Waals surface area contributed by atoms with Gasteiger partial charge in [0.15, 0.2) is 11.6 Å². The molecule has 3 aromatic carbocycles. The zero-order valence-corrected chi connectivity index (χ0v) is 19.1. The highest BCUT2D eigenvalue weighted by molar-refractivity contribution is 5.70. The first-order valence-electron chi connectivity index (χ1n) is 11.2. The van der Waals surface area contributed by atoms with Gasteiger partial charge in [0.05, 0.1) is 13.7 Å². The number of methoxy groups -OCH3 is 1. The summed E-state index contributed by atoms with van der Waals surface area (Å²) < 4.78 is 28.9. The maximum Gasteiger partial charge on any atom is 0.334 e. The number of nitrogens with zero attached hydrogens (tertiary/aromatic N) is 2. The van der Waals surface area contributed by atoms with Crippen LogP contribution in [0.25, 0.3) is 11.1 Å². The highest BCUT2D eigenvalue weighted by atomic mass is 19.1. The van der Waals surface area contributed by atoms with E-state index in [-0.39, 0.29) is 35.9 Å². The summed E-state index contributed by atoms with van der Waals surface area (Å²) in [5, 5.41) is 0. The second kappa shape index (κ2) is 9.23. The first-order chi connectivity index (χ1) is 17.0. The van der Waals surface area contributed by atoms with Crippen LogP contribution in [-0.4, -0.2) is 22.9 Å². The SMILES string of the molecule is COc1cccc(-c2c3n(c(=O)n(C[C@H](N)c4ccccc4)c2=O)C(c2ccccc2)CO3)c1F. The molecule has 35 heavy (non-hydrogen) atoms. The first kappa shape index (κ1) is 22.6. The van der Waals surface area contributed by atoms with E-state index in [1.165, 1.54) is 23.8 Å². The molecule has 2 atom stereocenters. The summed E-state index contributed by atoms with van der Waals surface area (Å²) in [5.41, 5.74) is 6.71. The normalized spacial score (nSPS) is 15.3. The molecule has 0 saturated carbocycles. The van der Waals surface area contributed by atoms with Crippen LogP contribution in [-0.2, 0) is 6.54 Å². The van der Waals surface area contributed by atoms with Crippen LogP contribution >= 0.6 is 0 Å². The zero-order valence-electron chi connectivity index (χ0n) is 19.1. The molecule has 0 spiro atoms. The molecular weight excluding hydrogens is 449 g/mol. The number of hydrogen-bond acceptors (Lipinski definition) is 5. The summed E-state index contributed by atoms with van der Waals surface area (Å²) in [6.45, 7) is 0.0497. The van der Waals surface area contributed by atoms with Gasteiger partial charge >= 0.3 is 5.69 Å². The lowest BCUT2D eigenvalue weighted by Crippen LogP contribution is -2.43. The third kappa shape index (κ3) is 3.91. The largest absolute Gasteiger partial charge is 0.494 e. The van der Waals surface area contributed by atoms with Gasteiger partial charge in [0, 0.05) is 11.6 Å². The van der Waals surface area contributed by atoms with Gasteiger partial charge < -0.3 is 15.2 Å². The minimum atomic E-state index is -0.709. The quantitative estimate of drug-likeness (QED) is 0.463. The van der Waals surface area contributed by atoms with E-state index in [1.54, 1.807) is 6.07 Å². The number of rotatable bonds is 6. The number of fused-ring (bicyclic) bond motifs is 1. The summed E-state index contributed by atoms with van der Waals surface area (Å²) in [6, 6.07) is 22.0. The molecule has 0 fully saturated rings. The number of halogens is 1. The average Bonchev–Trinajstić information content (AvgIpc) is 3.33. The van der Waals surface area contributed by atoms with Gasteiger partial charge in [-0.05, 0) is 17.2 Å². The molecule has 0 amide bonds. The Bertz CT molecular complexity index is 1480. The van der Waals surface area contributed by atoms with Gasteiger partial charge in [-0.2, -0.15) is 0 Å². The second-order valence-electron chi connectivity index (χ2n) is 8.32. The van der Waals surface area contributed by atoms with E-state index in [4.69, 9.17) is 15.2 Å². The van der Waals surface area contributed by atoms with Crippen molar-refractivity contribution in [2.24, 2.45) is 5.73 Å². The Hall–Kier alpha value is -4.17. The van der Waals surface area contributed by atoms with Crippen molar-refractivity contribution in [3.63, 3.8) is 0 Å². The summed E-state index contributed by atoms with van der Waals surface area (Å²) >= 11 is 0. The van der Waals surface area contributed by atoms with Crippen molar-refractivity contribution in [2.45, 2.75) is 18.6 Å². The van der Waals surface area contributed by atoms with Crippen molar-refractivity contribution in [3.05, 3.63) is 117 Å². The molecule has 4 aromatic rings. The Morgan fingerprint density at radius 2 is 1.71 bits per heavy atom. The van der Waals surface area contributed by atoms with Gasteiger partial charge in [-0.3, -0.25) is 13.9 Å². The highest BCUT2D eigenvalue weighted by Gasteiger charge is 2.34. The predicted molar refractivity (Wildman–Crippen MR) is 130 cm³/mol. The topological polar surface area (TPSA) is 88.5 Å². The van der Waals surface area contributed by atoms with E-state index in [1.807, 2.05) is 60.7 Å². The maximum absolute atomic E-state index is 15.3. The van der Waals surface area contributed by atoms with E-state index in [2.05, 4.69) is 0 Å². The molecule has 0 aliphatic carbocycles. The Balaban J connectivity index is 1.75. The molecule has 2 heterocycles. The molecule has 1 aliphatic heterocycles. The Morgan fingerprint density at radius 1 is 1.03 bits per heavy atom. The number of benzene rings is 3. The summed E-state index contributed by atoms with van der Waals surface area (Å²) in [5.74, 6) is -0.693. The smallest absolute Gasteiger partial charge is 0.334 e. The van der Waals surface area contributed by atoms with Crippen molar-refractivity contribution < 1.29 is 13.9 Å². The van der Waals surface area contributed by atoms with Crippen LogP contribution in [0.15, 0.2) is 88.5 Å². The third-order valence-corrected chi connectivity index (χ3v) is 6.26. The average molecular weight is 474 g/mol. The van der Waals surface area contributed by atoms with Crippen LogP contribution in [0.4, 0.5) is 4.39 Å². The lowest BCUT2D eigenvalue weighted by molar-refractivity contribution is 0.343. The molecule has 8 heteroatoms. The molecule has 7 nitrogen and oxygen atoms in total. The van der Waals surface area contributed by atoms with Crippen LogP contribution in [0.3, 0.4) is 0 Å². The van der Waals surface area contributed by atoms with Gasteiger partial charge in [-0.25, -0.2) is 9.18 Å². The predicted octanol–water partition coefficient (Wildman–Crippen LogP) is 3.51. The molecule has 0 bridgehead atoms. The van der Waals surface area contributed by atoms with Crippen LogP contribution in [0, 0.1) is 5.82 Å². The van der Waals surface area contributed by atoms with Gasteiger partial charge in [-0.1, -0.05) is 72.8 Å². The monoisotopic (exact) mass is 473 g/mol. The molecular formula is C27H24FN3O4. The number of aromatic nitrogens is 2. The van der Waals surface area contributed by atoms with Gasteiger partial charge in [-0.15, -0.1) is 0 Å². The lowest BCUT2D eigenvalue weighted by atomic mass is 10.0. The molecule has 5 rings (SSSR count). The van der Waals surface area contributed by atoms with Crippen LogP contribution in [0.5, 0.6) is 11.6 Å². The minimum absolute atomic E-state index is 0.00570. The molecule has 1 aliphatic rings. The maximum atomic E-state index is 15.3. The highest BCUT2D eigenvalue weighted by Crippen LogP contribution is 2.37. The number of ether oxygens (including phenoxy) is 2. The van der Waals surface area contributed by atoms with Crippen LogP contribution < -0.4 is 26.5 Å². The molecule has 0 radical (unpaired) electrons. The number of nitrogens with two attached hydrogens (primary N) is 1. The van der Waals surface area contributed by atoms with E-state index in [9.17, 15) is 9.59 Å². The Morgan fingerprint density at radius 3 is 2.40 bits per heavy atom. The van der Waals surface area contributed by atoms with E-state index < -0.39 is 29.1 Å². The zero-order chi connectivity index (χ0) is 24.5. The van der Waals surface area contributed by atoms with Crippen molar-refractivity contribution in [3.8, 4) is 22.8 Å². The fraction of sp³-hybridized carbons (Fsp3) is 0.185. The van der Waals surface area contributed by atoms with Gasteiger partial charge in [0.2, 0.25) is 5.88 Å². The number of hydrogen-bond donors (Lipinski definition) is 1. The van der Waals surface area contributed by atoms with E-state index in [0.29, 0.717) is 0 Å². The molecule has 1 aromatic heterocycles. The third-order valence-electron chi connectivity index (χ3n) is 6.26. The van der Waals surface area contributed by atoms with Gasteiger partial charge in [0.1, 0.15) is 18.2 Å². The van der Waals surface area contributed by atoms with E-state index >= 15 is 4.39 Å². The molecule has 1 unspecified atom stereocenters. The molecule has 2 N–H and O–H groups in total. The van der Waals surface area contributed by atoms with Crippen molar-refractivity contribution >= 4 is 0 Å². The summed E-state index contributed by atoms with van der Waals surface area (Å²) in [7, 11) is 1.35. The lowest BCUT2D eigenvalue weighted by Gasteiger charge is -2.19. The second-order valence-corrected chi connectivity index (χ2v) is 8.32. The molecule has 178 valence electrons. The summed E-state index contributed by atoms with van der Waals surface area (Å²) in [6.07, 6.45) is 0. The van der Waals surface area contributed by atoms with Crippen LogP contribution in [0.1, 0.15) is 23.2 Å². The van der Waals surface area contributed by atoms with E-state index in [0.717, 1.165) is 15.7 Å². The Kier molecular flexibility index (Phi) is 5.96. The van der Waals surface area contributed by atoms with Crippen molar-refractivity contribution in [1.29, 1.82) is 0 Å². The fourth-order valence-corrected chi connectivity index (χ4v) is 4.48. The minimum Gasteiger partial charge on any atom is -0.494 e. The summed E-state index contributed by atoms with van der Waals surface area (Å²) in [4.78, 5) is 27.4. The van der Waals surface area contributed by atoms with Crippen LogP contribution in [0.2, 0.25) is 0 Å². The fourth-order valence-electron chi connectivity index (χ4n) is 4.48.